The van der Waals surface area contributed by atoms with Crippen LogP contribution in [0.4, 0.5) is 0 Å². The van der Waals surface area contributed by atoms with Crippen LogP contribution in [0.1, 0.15) is 156 Å². The van der Waals surface area contributed by atoms with Gasteiger partial charge >= 0.3 is 5.97 Å². The average Bonchev–Trinajstić information content (AvgIpc) is 1.40. The Balaban J connectivity index is 4.41. The number of rotatable bonds is 16. The van der Waals surface area contributed by atoms with Gasteiger partial charge in [0.1, 0.15) is 72.8 Å². The fourth-order valence-electron chi connectivity index (χ4n) is 10.8. The highest BCUT2D eigenvalue weighted by atomic mass is 16.5. The topological polar surface area (TPSA) is 302 Å². The van der Waals surface area contributed by atoms with E-state index in [0.717, 1.165) is 16.7 Å². The van der Waals surface area contributed by atoms with Crippen molar-refractivity contribution >= 4 is 77.2 Å². The van der Waals surface area contributed by atoms with E-state index in [1.165, 1.54) is 87.7 Å². The molecule has 25 heteroatoms. The largest absolute Gasteiger partial charge is 0.459 e. The normalized spacial score (nSPS) is 26.3. The minimum atomic E-state index is -1.73. The number of esters is 1. The molecule has 0 unspecified atom stereocenters. The molecular formula is C62H109N11O14. The summed E-state index contributed by atoms with van der Waals surface area (Å²) in [4.78, 5) is 194. The Morgan fingerprint density at radius 1 is 0.483 bits per heavy atom. The number of hydrogen-bond acceptors (Lipinski definition) is 14. The first-order valence-electron chi connectivity index (χ1n) is 30.8. The van der Waals surface area contributed by atoms with E-state index in [4.69, 9.17) is 4.74 Å². The quantitative estimate of drug-likeness (QED) is 0.128. The van der Waals surface area contributed by atoms with Crippen LogP contribution in [-0.4, -0.2) is 234 Å². The number of aldehydes is 1. The Morgan fingerprint density at radius 2 is 0.897 bits per heavy atom. The van der Waals surface area contributed by atoms with Gasteiger partial charge in [-0.05, 0) is 81.5 Å². The predicted octanol–water partition coefficient (Wildman–Crippen LogP) is 2.46. The molecule has 0 saturated carbocycles. The molecule has 1 aliphatic heterocycles. The lowest BCUT2D eigenvalue weighted by molar-refractivity contribution is -0.164. The summed E-state index contributed by atoms with van der Waals surface area (Å²) >= 11 is 0. The summed E-state index contributed by atoms with van der Waals surface area (Å²) in [5.74, 6) is -11.6. The highest BCUT2D eigenvalue weighted by Crippen LogP contribution is 2.26. The van der Waals surface area contributed by atoms with Gasteiger partial charge in [-0.3, -0.25) is 57.5 Å². The fraction of sp³-hybridized carbons (Fsp3) is 0.790. The molecule has 1 heterocycles. The van der Waals surface area contributed by atoms with E-state index in [2.05, 4.69) is 21.3 Å². The SMILES string of the molecule is CC[C@@H]1NC(=O)[C@H]([C@H](OC(C)=O)[C@H](C)CC=O)N(C)C(=O)[C@H](C(C)C)N(C)C(=O)[C@H](CC(C)C)N(C)C(=O)[C@H](CC(C)C)N(C)C(=O)[C@H](C)NC(=O)[C@@H](C)NC(=O)[C@@H](CC(C)C)N(C)C(=O)[C@@H](C(C)C)NC(=O)[C@H](CC(C)C)N(C)C(=O)CN(C)C1=O. The van der Waals surface area contributed by atoms with E-state index in [1.54, 1.807) is 41.5 Å². The molecule has 0 aromatic heterocycles. The molecule has 0 aliphatic carbocycles. The molecule has 0 aromatic rings. The Morgan fingerprint density at radius 3 is 1.33 bits per heavy atom. The summed E-state index contributed by atoms with van der Waals surface area (Å²) in [6.07, 6.45) is -0.709. The van der Waals surface area contributed by atoms with Crippen molar-refractivity contribution in [1.82, 2.24) is 55.6 Å². The van der Waals surface area contributed by atoms with Gasteiger partial charge in [-0.15, -0.1) is 0 Å². The van der Waals surface area contributed by atoms with E-state index in [0.29, 0.717) is 6.29 Å². The van der Waals surface area contributed by atoms with Crippen molar-refractivity contribution in [2.75, 3.05) is 55.9 Å². The summed E-state index contributed by atoms with van der Waals surface area (Å²) in [5, 5.41) is 10.9. The van der Waals surface area contributed by atoms with Crippen LogP contribution in [0.25, 0.3) is 0 Å². The van der Waals surface area contributed by atoms with Crippen molar-refractivity contribution in [2.45, 2.75) is 223 Å². The van der Waals surface area contributed by atoms with Crippen LogP contribution >= 0.6 is 0 Å². The Bertz CT molecular complexity index is 2420. The molecule has 1 rings (SSSR count). The second kappa shape index (κ2) is 35.3. The lowest BCUT2D eigenvalue weighted by Gasteiger charge is -2.42. The molecule has 1 aliphatic rings. The van der Waals surface area contributed by atoms with Gasteiger partial charge in [-0.1, -0.05) is 96.9 Å². The van der Waals surface area contributed by atoms with Crippen LogP contribution in [0.15, 0.2) is 0 Å². The Hall–Kier alpha value is -6.69. The third-order valence-corrected chi connectivity index (χ3v) is 16.1. The molecule has 0 radical (unpaired) electrons. The first kappa shape index (κ1) is 78.3. The van der Waals surface area contributed by atoms with E-state index in [9.17, 15) is 47.9 Å². The molecular weight excluding hydrogens is 1120 g/mol. The molecule has 4 N–H and O–H groups in total. The summed E-state index contributed by atoms with van der Waals surface area (Å²) in [5.41, 5.74) is 0. The van der Waals surface area contributed by atoms with Crippen LogP contribution in [0, 0.1) is 41.4 Å². The van der Waals surface area contributed by atoms with Gasteiger partial charge in [0.15, 0.2) is 0 Å². The fourth-order valence-corrected chi connectivity index (χ4v) is 10.8. The highest BCUT2D eigenvalue weighted by molar-refractivity contribution is 5.99. The highest BCUT2D eigenvalue weighted by Gasteiger charge is 2.47. The van der Waals surface area contributed by atoms with Crippen molar-refractivity contribution in [3.8, 4) is 0 Å². The second-order valence-corrected chi connectivity index (χ2v) is 26.3. The van der Waals surface area contributed by atoms with Crippen LogP contribution in [0.5, 0.6) is 0 Å². The summed E-state index contributed by atoms with van der Waals surface area (Å²) < 4.78 is 5.76. The zero-order chi connectivity index (χ0) is 67.6. The lowest BCUT2D eigenvalue weighted by atomic mass is 9.91. The van der Waals surface area contributed by atoms with Gasteiger partial charge in [0.25, 0.3) is 0 Å². The number of carbonyl (C=O) groups is 13. The molecule has 0 spiro atoms. The van der Waals surface area contributed by atoms with E-state index in [-0.39, 0.29) is 62.2 Å². The number of nitrogens with one attached hydrogen (secondary N) is 4. The predicted molar refractivity (Wildman–Crippen MR) is 329 cm³/mol. The Labute approximate surface area is 518 Å². The zero-order valence-corrected chi connectivity index (χ0v) is 56.8. The van der Waals surface area contributed by atoms with E-state index in [1.807, 2.05) is 55.4 Å². The zero-order valence-electron chi connectivity index (χ0n) is 56.8. The summed E-state index contributed by atoms with van der Waals surface area (Å²) in [6, 6.07) is -12.8. The van der Waals surface area contributed by atoms with Crippen LogP contribution in [0.2, 0.25) is 0 Å². The maximum Gasteiger partial charge on any atom is 0.303 e. The van der Waals surface area contributed by atoms with E-state index >= 15 is 14.4 Å². The minimum Gasteiger partial charge on any atom is -0.459 e. The maximum absolute atomic E-state index is 15.3. The Kier molecular flexibility index (Phi) is 31.8. The monoisotopic (exact) mass is 1230 g/mol. The van der Waals surface area contributed by atoms with E-state index < -0.39 is 162 Å². The van der Waals surface area contributed by atoms with Crippen molar-refractivity contribution in [1.29, 1.82) is 0 Å². The van der Waals surface area contributed by atoms with Crippen molar-refractivity contribution in [3.05, 3.63) is 0 Å². The smallest absolute Gasteiger partial charge is 0.303 e. The van der Waals surface area contributed by atoms with Crippen molar-refractivity contribution in [3.63, 3.8) is 0 Å². The second-order valence-electron chi connectivity index (χ2n) is 26.3. The third kappa shape index (κ3) is 22.1. The molecule has 25 nitrogen and oxygen atoms in total. The molecule has 1 fully saturated rings. The number of hydrogen-bond donors (Lipinski definition) is 4. The molecule has 11 amide bonds. The summed E-state index contributed by atoms with van der Waals surface area (Å²) in [7, 11) is 9.66. The minimum absolute atomic E-state index is 0.0487. The van der Waals surface area contributed by atoms with Crippen LogP contribution in [-0.2, 0) is 67.1 Å². The van der Waals surface area contributed by atoms with Gasteiger partial charge in [-0.2, -0.15) is 0 Å². The van der Waals surface area contributed by atoms with Crippen LogP contribution < -0.4 is 21.3 Å². The van der Waals surface area contributed by atoms with Gasteiger partial charge in [0.05, 0.1) is 6.54 Å². The average molecular weight is 1230 g/mol. The number of ether oxygens (including phenoxy) is 1. The first-order valence-corrected chi connectivity index (χ1v) is 30.8. The molecule has 87 heavy (non-hydrogen) atoms. The molecule has 0 bridgehead atoms. The van der Waals surface area contributed by atoms with Crippen LogP contribution in [0.3, 0.4) is 0 Å². The lowest BCUT2D eigenvalue weighted by Crippen LogP contribution is -2.64. The third-order valence-electron chi connectivity index (χ3n) is 16.1. The first-order chi connectivity index (χ1) is 40.1. The van der Waals surface area contributed by atoms with Gasteiger partial charge < -0.3 is 65.1 Å². The standard InChI is InChI=1S/C62H109N11O14/c1-25-43-58(82)67(18)32-48(76)68(19)44(28-33(2)3)55(79)66-49(37(10)11)61(85)69(20)45(29-34(4)5)54(78)63-40(15)53(77)64-41(16)57(81)70(21)46(30-35(6)7)59(83)71(22)47(31-36(8)9)60(84)72(23)50(38(12)13)62(86)73(24)51(56(80)65-43)52(87-42(17)75)39(14)26-27-74/h27,33-41,43-47,49-52H,25-26,28-32H2,1-24H3,(H,63,78)(H,64,77)(H,65,80)(H,66,79)/t39-,40-,41+,43+,44+,45-,46+,47+,49-,50+,51+,52-/m1/s1. The maximum atomic E-state index is 15.3. The number of amides is 11. The van der Waals surface area contributed by atoms with Crippen molar-refractivity contribution < 1.29 is 67.1 Å². The molecule has 0 aromatic carbocycles. The van der Waals surface area contributed by atoms with Gasteiger partial charge in [0, 0.05) is 68.6 Å². The van der Waals surface area contributed by atoms with Gasteiger partial charge in [-0.25, -0.2) is 0 Å². The number of carbonyl (C=O) groups excluding carboxylic acids is 13. The van der Waals surface area contributed by atoms with Crippen molar-refractivity contribution in [2.24, 2.45) is 41.4 Å². The number of nitrogens with zero attached hydrogens (tertiary/aromatic N) is 7. The number of likely N-dealkylation sites (N-methyl/N-ethyl adjacent to an activating group) is 7. The van der Waals surface area contributed by atoms with Gasteiger partial charge in [0.2, 0.25) is 65.0 Å². The summed E-state index contributed by atoms with van der Waals surface area (Å²) in [6.45, 7) is 28.0. The molecule has 12 atom stereocenters. The molecule has 1 saturated heterocycles. The molecule has 496 valence electrons.